The average molecular weight is 279 g/mol. The van der Waals surface area contributed by atoms with Gasteiger partial charge in [0.1, 0.15) is 5.82 Å². The summed E-state index contributed by atoms with van der Waals surface area (Å²) in [5.41, 5.74) is 0. The Morgan fingerprint density at radius 3 is 2.56 bits per heavy atom. The molecule has 1 aliphatic rings. The van der Waals surface area contributed by atoms with Crippen molar-refractivity contribution in [2.24, 2.45) is 0 Å². The van der Waals surface area contributed by atoms with Gasteiger partial charge >= 0.3 is 0 Å². The molecule has 0 bridgehead atoms. The van der Waals surface area contributed by atoms with Gasteiger partial charge in [-0.15, -0.1) is 17.0 Å². The van der Waals surface area contributed by atoms with Gasteiger partial charge in [-0.2, -0.15) is 0 Å². The van der Waals surface area contributed by atoms with Gasteiger partial charge in [-0.1, -0.05) is 24.3 Å². The molecule has 0 amide bonds. The topological polar surface area (TPSA) is 16.1 Å². The number of nitrogens with zero attached hydrogens (tertiary/aromatic N) is 2. The molecule has 0 saturated carbocycles. The summed E-state index contributed by atoms with van der Waals surface area (Å²) < 4.78 is 0. The Labute approximate surface area is 106 Å². The van der Waals surface area contributed by atoms with Crippen molar-refractivity contribution in [1.29, 1.82) is 0 Å². The molecule has 1 aliphatic heterocycles. The van der Waals surface area contributed by atoms with Crippen LogP contribution in [0.3, 0.4) is 0 Å². The minimum atomic E-state index is 0. The molecule has 1 saturated heterocycles. The van der Waals surface area contributed by atoms with Crippen LogP contribution >= 0.6 is 17.0 Å². The SMILES string of the molecule is Br.c1ccc2c(N3CCCC3)nccc2c1. The molecule has 0 unspecified atom stereocenters. The minimum Gasteiger partial charge on any atom is -0.356 e. The van der Waals surface area contributed by atoms with E-state index in [1.807, 2.05) is 6.20 Å². The third-order valence-corrected chi connectivity index (χ3v) is 3.06. The molecule has 1 aromatic carbocycles. The number of hydrogen-bond acceptors (Lipinski definition) is 2. The fraction of sp³-hybridized carbons (Fsp3) is 0.308. The second-order valence-corrected chi connectivity index (χ2v) is 4.05. The van der Waals surface area contributed by atoms with Crippen LogP contribution in [-0.2, 0) is 0 Å². The van der Waals surface area contributed by atoms with E-state index in [1.165, 1.54) is 23.6 Å². The number of aromatic nitrogens is 1. The van der Waals surface area contributed by atoms with Crippen molar-refractivity contribution in [2.75, 3.05) is 18.0 Å². The van der Waals surface area contributed by atoms with Crippen LogP contribution in [0, 0.1) is 0 Å². The molecule has 1 fully saturated rings. The molecular formula is C13H15BrN2. The third kappa shape index (κ3) is 1.92. The Kier molecular flexibility index (Phi) is 3.44. The number of rotatable bonds is 1. The summed E-state index contributed by atoms with van der Waals surface area (Å²) in [4.78, 5) is 6.91. The van der Waals surface area contributed by atoms with E-state index in [-0.39, 0.29) is 17.0 Å². The van der Waals surface area contributed by atoms with Crippen molar-refractivity contribution >= 4 is 33.6 Å². The van der Waals surface area contributed by atoms with Gasteiger partial charge in [0.15, 0.2) is 0 Å². The van der Waals surface area contributed by atoms with Crippen molar-refractivity contribution in [3.63, 3.8) is 0 Å². The summed E-state index contributed by atoms with van der Waals surface area (Å²) >= 11 is 0. The highest BCUT2D eigenvalue weighted by Crippen LogP contribution is 2.26. The van der Waals surface area contributed by atoms with E-state index in [9.17, 15) is 0 Å². The van der Waals surface area contributed by atoms with Crippen molar-refractivity contribution in [3.05, 3.63) is 36.5 Å². The lowest BCUT2D eigenvalue weighted by atomic mass is 10.1. The summed E-state index contributed by atoms with van der Waals surface area (Å²) in [6, 6.07) is 10.6. The summed E-state index contributed by atoms with van der Waals surface area (Å²) in [7, 11) is 0. The normalized spacial score (nSPS) is 15.1. The van der Waals surface area contributed by atoms with Gasteiger partial charge in [0, 0.05) is 24.7 Å². The van der Waals surface area contributed by atoms with Crippen LogP contribution in [-0.4, -0.2) is 18.1 Å². The Morgan fingerprint density at radius 2 is 1.75 bits per heavy atom. The first-order valence-electron chi connectivity index (χ1n) is 5.54. The first kappa shape index (κ1) is 11.4. The molecule has 0 spiro atoms. The lowest BCUT2D eigenvalue weighted by molar-refractivity contribution is 0.946. The van der Waals surface area contributed by atoms with Crippen LogP contribution < -0.4 is 4.90 Å². The molecule has 0 N–H and O–H groups in total. The average Bonchev–Trinajstić information content (AvgIpc) is 2.82. The lowest BCUT2D eigenvalue weighted by Crippen LogP contribution is -2.19. The number of fused-ring (bicyclic) bond motifs is 1. The van der Waals surface area contributed by atoms with E-state index in [0.717, 1.165) is 18.9 Å². The zero-order chi connectivity index (χ0) is 10.1. The van der Waals surface area contributed by atoms with E-state index in [2.05, 4.69) is 40.2 Å². The highest BCUT2D eigenvalue weighted by molar-refractivity contribution is 8.93. The zero-order valence-electron chi connectivity index (χ0n) is 9.10. The molecular weight excluding hydrogens is 264 g/mol. The van der Waals surface area contributed by atoms with Gasteiger partial charge in [0.05, 0.1) is 0 Å². The monoisotopic (exact) mass is 278 g/mol. The second kappa shape index (κ2) is 4.83. The molecule has 2 nitrogen and oxygen atoms in total. The first-order valence-corrected chi connectivity index (χ1v) is 5.54. The zero-order valence-corrected chi connectivity index (χ0v) is 10.8. The molecule has 2 heterocycles. The molecule has 1 aromatic heterocycles. The second-order valence-electron chi connectivity index (χ2n) is 4.05. The molecule has 3 heteroatoms. The maximum atomic E-state index is 4.51. The Hall–Kier alpha value is -1.09. The van der Waals surface area contributed by atoms with E-state index in [4.69, 9.17) is 0 Å². The van der Waals surface area contributed by atoms with Crippen molar-refractivity contribution < 1.29 is 0 Å². The van der Waals surface area contributed by atoms with Crippen LogP contribution in [0.1, 0.15) is 12.8 Å². The Bertz CT molecular complexity index is 473. The highest BCUT2D eigenvalue weighted by Gasteiger charge is 2.15. The molecule has 16 heavy (non-hydrogen) atoms. The predicted octanol–water partition coefficient (Wildman–Crippen LogP) is 3.41. The molecule has 0 aliphatic carbocycles. The molecule has 3 rings (SSSR count). The molecule has 0 radical (unpaired) electrons. The maximum Gasteiger partial charge on any atom is 0.136 e. The van der Waals surface area contributed by atoms with Crippen molar-refractivity contribution in [3.8, 4) is 0 Å². The van der Waals surface area contributed by atoms with E-state index < -0.39 is 0 Å². The number of hydrogen-bond donors (Lipinski definition) is 0. The Morgan fingerprint density at radius 1 is 1.00 bits per heavy atom. The molecule has 2 aromatic rings. The van der Waals surface area contributed by atoms with Gasteiger partial charge in [0.2, 0.25) is 0 Å². The van der Waals surface area contributed by atoms with E-state index in [1.54, 1.807) is 0 Å². The summed E-state index contributed by atoms with van der Waals surface area (Å²) in [5, 5.41) is 2.57. The van der Waals surface area contributed by atoms with Gasteiger partial charge in [-0.05, 0) is 24.3 Å². The van der Waals surface area contributed by atoms with Gasteiger partial charge < -0.3 is 4.90 Å². The van der Waals surface area contributed by atoms with Gasteiger partial charge in [0.25, 0.3) is 0 Å². The van der Waals surface area contributed by atoms with E-state index in [0.29, 0.717) is 0 Å². The summed E-state index contributed by atoms with van der Waals surface area (Å²) in [6.07, 6.45) is 4.51. The van der Waals surface area contributed by atoms with Crippen LogP contribution in [0.15, 0.2) is 36.5 Å². The van der Waals surface area contributed by atoms with Crippen molar-refractivity contribution in [1.82, 2.24) is 4.98 Å². The van der Waals surface area contributed by atoms with E-state index >= 15 is 0 Å². The largest absolute Gasteiger partial charge is 0.356 e. The fourth-order valence-electron chi connectivity index (χ4n) is 2.28. The standard InChI is InChI=1S/C13H14N2.BrH/c1-2-6-12-11(5-1)7-8-14-13(12)15-9-3-4-10-15;/h1-2,5-8H,3-4,9-10H2;1H. The van der Waals surface area contributed by atoms with Crippen LogP contribution in [0.2, 0.25) is 0 Å². The highest BCUT2D eigenvalue weighted by atomic mass is 79.9. The Balaban J connectivity index is 0.000000963. The smallest absolute Gasteiger partial charge is 0.136 e. The number of benzene rings is 1. The third-order valence-electron chi connectivity index (χ3n) is 3.06. The lowest BCUT2D eigenvalue weighted by Gasteiger charge is -2.18. The number of halogens is 1. The summed E-state index contributed by atoms with van der Waals surface area (Å²) in [5.74, 6) is 1.16. The quantitative estimate of drug-likeness (QED) is 0.795. The minimum absolute atomic E-state index is 0. The first-order chi connectivity index (χ1) is 7.45. The van der Waals surface area contributed by atoms with Crippen LogP contribution in [0.25, 0.3) is 10.8 Å². The van der Waals surface area contributed by atoms with Gasteiger partial charge in [-0.3, -0.25) is 0 Å². The summed E-state index contributed by atoms with van der Waals surface area (Å²) in [6.45, 7) is 2.31. The fourth-order valence-corrected chi connectivity index (χ4v) is 2.28. The predicted molar refractivity (Wildman–Crippen MR) is 73.5 cm³/mol. The van der Waals surface area contributed by atoms with Gasteiger partial charge in [-0.25, -0.2) is 4.98 Å². The number of anilines is 1. The van der Waals surface area contributed by atoms with Crippen LogP contribution in [0.5, 0.6) is 0 Å². The van der Waals surface area contributed by atoms with Crippen LogP contribution in [0.4, 0.5) is 5.82 Å². The molecule has 84 valence electrons. The molecule has 0 atom stereocenters. The maximum absolute atomic E-state index is 4.51. The van der Waals surface area contributed by atoms with Crippen molar-refractivity contribution in [2.45, 2.75) is 12.8 Å². The number of pyridine rings is 1.